The van der Waals surface area contributed by atoms with E-state index in [1.54, 1.807) is 13.0 Å². The molecule has 1 aromatic heterocycles. The van der Waals surface area contributed by atoms with Gasteiger partial charge in [0.1, 0.15) is 23.0 Å². The smallest absolute Gasteiger partial charge is 0.245 e. The van der Waals surface area contributed by atoms with E-state index >= 15 is 0 Å². The van der Waals surface area contributed by atoms with E-state index in [2.05, 4.69) is 20.7 Å². The third kappa shape index (κ3) is 2.08. The summed E-state index contributed by atoms with van der Waals surface area (Å²) < 4.78 is 0. The highest BCUT2D eigenvalue weighted by Crippen LogP contribution is 2.25. The van der Waals surface area contributed by atoms with Crippen LogP contribution in [0.2, 0.25) is 0 Å². The summed E-state index contributed by atoms with van der Waals surface area (Å²) in [6, 6.07) is 1.74. The lowest BCUT2D eigenvalue weighted by Gasteiger charge is -2.42. The lowest BCUT2D eigenvalue weighted by molar-refractivity contribution is -0.126. The Kier molecular flexibility index (Phi) is 3.08. The molecule has 98 valence electrons. The molecule has 1 fully saturated rings. The molecule has 1 aliphatic rings. The first-order chi connectivity index (χ1) is 8.45. The van der Waals surface area contributed by atoms with Crippen LogP contribution in [0.5, 0.6) is 0 Å². The minimum atomic E-state index is -0.634. The fraction of sp³-hybridized carbons (Fsp3) is 0.545. The first kappa shape index (κ1) is 12.6. The molecule has 0 aromatic carbocycles. The van der Waals surface area contributed by atoms with Crippen molar-refractivity contribution < 1.29 is 4.79 Å². The second kappa shape index (κ2) is 4.41. The predicted octanol–water partition coefficient (Wildman–Crippen LogP) is -0.215. The van der Waals surface area contributed by atoms with Gasteiger partial charge in [-0.3, -0.25) is 4.79 Å². The Morgan fingerprint density at radius 1 is 1.50 bits per heavy atom. The summed E-state index contributed by atoms with van der Waals surface area (Å²) in [5, 5.41) is 2.85. The monoisotopic (exact) mass is 250 g/mol. The van der Waals surface area contributed by atoms with Crippen LogP contribution in [-0.2, 0) is 4.79 Å². The average Bonchev–Trinajstić information content (AvgIpc) is 2.31. The molecule has 7 heteroatoms. The van der Waals surface area contributed by atoms with Gasteiger partial charge in [-0.05, 0) is 20.8 Å². The van der Waals surface area contributed by atoms with Gasteiger partial charge in [0.25, 0.3) is 0 Å². The number of hydrogen-bond acceptors (Lipinski definition) is 6. The normalized spacial score (nSPS) is 18.4. The number of nitrogens with two attached hydrogens (primary N) is 1. The zero-order chi connectivity index (χ0) is 13.3. The molecule has 0 bridgehead atoms. The summed E-state index contributed by atoms with van der Waals surface area (Å²) in [5.41, 5.74) is 1.87. The van der Waals surface area contributed by atoms with Crippen molar-refractivity contribution in [2.24, 2.45) is 5.84 Å². The predicted molar refractivity (Wildman–Crippen MR) is 69.0 cm³/mol. The number of rotatable bonds is 2. The summed E-state index contributed by atoms with van der Waals surface area (Å²) in [6.07, 6.45) is 0. The number of aryl methyl sites for hydroxylation is 1. The molecule has 0 spiro atoms. The number of carbonyl (C=O) groups excluding carboxylic acids is 1. The van der Waals surface area contributed by atoms with E-state index in [0.29, 0.717) is 30.5 Å². The van der Waals surface area contributed by atoms with Crippen LogP contribution < -0.4 is 21.5 Å². The highest BCUT2D eigenvalue weighted by molar-refractivity contribution is 5.90. The van der Waals surface area contributed by atoms with Gasteiger partial charge in [-0.2, -0.15) is 0 Å². The number of nitrogens with zero attached hydrogens (tertiary/aromatic N) is 3. The Morgan fingerprint density at radius 2 is 2.22 bits per heavy atom. The van der Waals surface area contributed by atoms with Crippen molar-refractivity contribution in [3.05, 3.63) is 11.9 Å². The van der Waals surface area contributed by atoms with Crippen molar-refractivity contribution in [1.29, 1.82) is 0 Å². The highest BCUT2D eigenvalue weighted by Gasteiger charge is 2.38. The number of hydrogen-bond donors (Lipinski definition) is 3. The lowest BCUT2D eigenvalue weighted by Crippen LogP contribution is -2.62. The zero-order valence-electron chi connectivity index (χ0n) is 10.8. The van der Waals surface area contributed by atoms with Crippen LogP contribution in [0.4, 0.5) is 11.6 Å². The van der Waals surface area contributed by atoms with Crippen LogP contribution >= 0.6 is 0 Å². The molecule has 0 radical (unpaired) electrons. The minimum absolute atomic E-state index is 0.00715. The average molecular weight is 250 g/mol. The van der Waals surface area contributed by atoms with Gasteiger partial charge < -0.3 is 15.6 Å². The third-order valence-electron chi connectivity index (χ3n) is 3.10. The quantitative estimate of drug-likeness (QED) is 0.496. The zero-order valence-corrected chi connectivity index (χ0v) is 10.8. The standard InChI is InChI=1S/C11H18N6O/c1-7-14-8(16-12)6-9(15-7)17-5-4-13-10(18)11(17,2)3/h6H,4-5,12H2,1-3H3,(H,13,18)(H,14,15,16). The maximum absolute atomic E-state index is 11.9. The van der Waals surface area contributed by atoms with Gasteiger partial charge in [0.15, 0.2) is 0 Å². The lowest BCUT2D eigenvalue weighted by atomic mass is 9.99. The molecule has 2 rings (SSSR count). The minimum Gasteiger partial charge on any atom is -0.352 e. The largest absolute Gasteiger partial charge is 0.352 e. The van der Waals surface area contributed by atoms with Crippen molar-refractivity contribution in [3.63, 3.8) is 0 Å². The molecule has 0 unspecified atom stereocenters. The number of hydrazine groups is 1. The third-order valence-corrected chi connectivity index (χ3v) is 3.10. The number of amides is 1. The van der Waals surface area contributed by atoms with Crippen LogP contribution in [0.3, 0.4) is 0 Å². The van der Waals surface area contributed by atoms with Gasteiger partial charge in [-0.1, -0.05) is 0 Å². The molecule has 1 amide bonds. The Bertz CT molecular complexity index is 473. The molecule has 2 heterocycles. The number of aromatic nitrogens is 2. The summed E-state index contributed by atoms with van der Waals surface area (Å²) >= 11 is 0. The van der Waals surface area contributed by atoms with Crippen LogP contribution in [0.25, 0.3) is 0 Å². The van der Waals surface area contributed by atoms with Gasteiger partial charge >= 0.3 is 0 Å². The first-order valence-corrected chi connectivity index (χ1v) is 5.83. The molecule has 1 saturated heterocycles. The van der Waals surface area contributed by atoms with E-state index < -0.39 is 5.54 Å². The van der Waals surface area contributed by atoms with Gasteiger partial charge in [-0.15, -0.1) is 0 Å². The van der Waals surface area contributed by atoms with Crippen molar-refractivity contribution in [2.45, 2.75) is 26.3 Å². The van der Waals surface area contributed by atoms with E-state index in [1.807, 2.05) is 18.7 Å². The second-order valence-corrected chi connectivity index (χ2v) is 4.77. The molecule has 0 saturated carbocycles. The molecule has 18 heavy (non-hydrogen) atoms. The fourth-order valence-electron chi connectivity index (χ4n) is 2.06. The molecule has 0 aliphatic carbocycles. The molecule has 1 aliphatic heterocycles. The number of piperazine rings is 1. The molecule has 1 aromatic rings. The Morgan fingerprint density at radius 3 is 2.89 bits per heavy atom. The molecule has 4 N–H and O–H groups in total. The number of anilines is 2. The summed E-state index contributed by atoms with van der Waals surface area (Å²) in [7, 11) is 0. The second-order valence-electron chi connectivity index (χ2n) is 4.77. The van der Waals surface area contributed by atoms with Crippen molar-refractivity contribution in [3.8, 4) is 0 Å². The molecular formula is C11H18N6O. The number of nitrogen functional groups attached to an aromatic ring is 1. The van der Waals surface area contributed by atoms with Crippen molar-refractivity contribution >= 4 is 17.5 Å². The van der Waals surface area contributed by atoms with Gasteiger partial charge in [0.2, 0.25) is 5.91 Å². The van der Waals surface area contributed by atoms with Gasteiger partial charge in [0, 0.05) is 19.2 Å². The van der Waals surface area contributed by atoms with Crippen molar-refractivity contribution in [1.82, 2.24) is 15.3 Å². The molecule has 7 nitrogen and oxygen atoms in total. The Balaban J connectivity index is 2.41. The van der Waals surface area contributed by atoms with E-state index in [1.165, 1.54) is 0 Å². The van der Waals surface area contributed by atoms with Crippen LogP contribution in [0, 0.1) is 6.92 Å². The van der Waals surface area contributed by atoms with E-state index in [0.717, 1.165) is 0 Å². The topological polar surface area (TPSA) is 96.2 Å². The van der Waals surface area contributed by atoms with Gasteiger partial charge in [0.05, 0.1) is 0 Å². The maximum Gasteiger partial charge on any atom is 0.245 e. The summed E-state index contributed by atoms with van der Waals surface area (Å²) in [5.74, 6) is 7.22. The van der Waals surface area contributed by atoms with Crippen LogP contribution in [0.15, 0.2) is 6.07 Å². The van der Waals surface area contributed by atoms with Crippen molar-refractivity contribution in [2.75, 3.05) is 23.4 Å². The summed E-state index contributed by atoms with van der Waals surface area (Å²) in [6.45, 7) is 6.85. The highest BCUT2D eigenvalue weighted by atomic mass is 16.2. The van der Waals surface area contributed by atoms with E-state index in [4.69, 9.17) is 5.84 Å². The molecular weight excluding hydrogens is 232 g/mol. The SMILES string of the molecule is Cc1nc(NN)cc(N2CCNC(=O)C2(C)C)n1. The summed E-state index contributed by atoms with van der Waals surface area (Å²) in [4.78, 5) is 22.4. The Labute approximate surface area is 106 Å². The van der Waals surface area contributed by atoms with E-state index in [9.17, 15) is 4.79 Å². The first-order valence-electron chi connectivity index (χ1n) is 5.83. The maximum atomic E-state index is 11.9. The van der Waals surface area contributed by atoms with Crippen LogP contribution in [0.1, 0.15) is 19.7 Å². The number of nitrogens with one attached hydrogen (secondary N) is 2. The van der Waals surface area contributed by atoms with E-state index in [-0.39, 0.29) is 5.91 Å². The van der Waals surface area contributed by atoms with Crippen LogP contribution in [-0.4, -0.2) is 34.5 Å². The Hall–Kier alpha value is -1.89. The fourth-order valence-corrected chi connectivity index (χ4v) is 2.06. The molecule has 0 atom stereocenters. The number of carbonyl (C=O) groups is 1. The van der Waals surface area contributed by atoms with Gasteiger partial charge in [-0.25, -0.2) is 15.8 Å².